The summed E-state index contributed by atoms with van der Waals surface area (Å²) in [7, 11) is 1.57. The van der Waals surface area contributed by atoms with Crippen LogP contribution < -0.4 is 15.9 Å². The van der Waals surface area contributed by atoms with Gasteiger partial charge < -0.3 is 15.0 Å². The molecule has 0 amide bonds. The Bertz CT molecular complexity index is 599. The number of halogens is 1. The van der Waals surface area contributed by atoms with Gasteiger partial charge in [-0.05, 0) is 22.0 Å². The standard InChI is InChI=1S/C12H12BrN3O2/c1-18-11-4-2-3-8(15-11)5-16-6-9(13)12(17)10(14)7-16/h2-4,6-7H,5,14H2,1H3. The van der Waals surface area contributed by atoms with Gasteiger partial charge in [-0.25, -0.2) is 4.98 Å². The summed E-state index contributed by atoms with van der Waals surface area (Å²) in [5.41, 5.74) is 6.44. The van der Waals surface area contributed by atoms with Gasteiger partial charge in [0.05, 0.1) is 29.5 Å². The van der Waals surface area contributed by atoms with E-state index in [1.165, 1.54) is 0 Å². The topological polar surface area (TPSA) is 70.1 Å². The molecule has 2 aromatic heterocycles. The molecular formula is C12H12BrN3O2. The Hall–Kier alpha value is -1.82. The lowest BCUT2D eigenvalue weighted by atomic mass is 10.3. The number of aromatic nitrogens is 2. The molecule has 0 saturated carbocycles. The molecule has 0 fully saturated rings. The number of pyridine rings is 2. The molecule has 2 aromatic rings. The first-order chi connectivity index (χ1) is 8.60. The van der Waals surface area contributed by atoms with Crippen LogP contribution in [0.4, 0.5) is 5.69 Å². The molecular weight excluding hydrogens is 298 g/mol. The highest BCUT2D eigenvalue weighted by molar-refractivity contribution is 9.10. The first kappa shape index (κ1) is 12.6. The van der Waals surface area contributed by atoms with E-state index in [0.717, 1.165) is 5.69 Å². The van der Waals surface area contributed by atoms with Crippen LogP contribution in [0, 0.1) is 0 Å². The second kappa shape index (κ2) is 5.22. The van der Waals surface area contributed by atoms with E-state index in [0.29, 0.717) is 16.9 Å². The van der Waals surface area contributed by atoms with E-state index < -0.39 is 0 Å². The first-order valence-corrected chi connectivity index (χ1v) is 6.04. The molecule has 0 radical (unpaired) electrons. The maximum Gasteiger partial charge on any atom is 0.218 e. The number of nitrogens with two attached hydrogens (primary N) is 1. The van der Waals surface area contributed by atoms with Gasteiger partial charge in [-0.3, -0.25) is 4.79 Å². The summed E-state index contributed by atoms with van der Waals surface area (Å²) in [6.45, 7) is 0.514. The average molecular weight is 310 g/mol. The normalized spacial score (nSPS) is 10.3. The molecule has 0 bridgehead atoms. The molecule has 5 nitrogen and oxygen atoms in total. The van der Waals surface area contributed by atoms with Gasteiger partial charge in [-0.2, -0.15) is 0 Å². The van der Waals surface area contributed by atoms with Crippen LogP contribution in [0.25, 0.3) is 0 Å². The minimum atomic E-state index is -0.204. The number of anilines is 1. The lowest BCUT2D eigenvalue weighted by Crippen LogP contribution is -2.14. The van der Waals surface area contributed by atoms with Gasteiger partial charge in [0.1, 0.15) is 0 Å². The van der Waals surface area contributed by atoms with Crippen molar-refractivity contribution in [3.05, 3.63) is 51.0 Å². The summed E-state index contributed by atoms with van der Waals surface area (Å²) in [5, 5.41) is 0. The lowest BCUT2D eigenvalue weighted by Gasteiger charge is -2.08. The van der Waals surface area contributed by atoms with Crippen molar-refractivity contribution in [3.8, 4) is 5.88 Å². The van der Waals surface area contributed by atoms with Crippen molar-refractivity contribution in [1.82, 2.24) is 9.55 Å². The Morgan fingerprint density at radius 3 is 2.89 bits per heavy atom. The molecule has 0 unspecified atom stereocenters. The second-order valence-corrected chi connectivity index (χ2v) is 4.59. The molecule has 18 heavy (non-hydrogen) atoms. The quantitative estimate of drug-likeness (QED) is 0.936. The Morgan fingerprint density at radius 1 is 1.44 bits per heavy atom. The van der Waals surface area contributed by atoms with Crippen LogP contribution >= 0.6 is 15.9 Å². The SMILES string of the molecule is COc1cccc(Cn2cc(N)c(=O)c(Br)c2)n1. The summed E-state index contributed by atoms with van der Waals surface area (Å²) < 4.78 is 7.28. The van der Waals surface area contributed by atoms with Crippen LogP contribution in [0.1, 0.15) is 5.69 Å². The molecule has 2 rings (SSSR count). The number of methoxy groups -OCH3 is 1. The van der Waals surface area contributed by atoms with E-state index in [9.17, 15) is 4.79 Å². The third kappa shape index (κ3) is 2.70. The van der Waals surface area contributed by atoms with Gasteiger partial charge >= 0.3 is 0 Å². The summed E-state index contributed by atoms with van der Waals surface area (Å²) >= 11 is 3.18. The highest BCUT2D eigenvalue weighted by atomic mass is 79.9. The van der Waals surface area contributed by atoms with Gasteiger partial charge in [0.15, 0.2) is 0 Å². The molecule has 0 atom stereocenters. The van der Waals surface area contributed by atoms with Crippen molar-refractivity contribution < 1.29 is 4.74 Å². The van der Waals surface area contributed by atoms with Crippen LogP contribution in [0.15, 0.2) is 39.9 Å². The molecule has 0 aliphatic carbocycles. The number of hydrogen-bond acceptors (Lipinski definition) is 4. The van der Waals surface area contributed by atoms with Crippen molar-refractivity contribution in [2.75, 3.05) is 12.8 Å². The van der Waals surface area contributed by atoms with Crippen LogP contribution in [0.3, 0.4) is 0 Å². The van der Waals surface area contributed by atoms with E-state index in [4.69, 9.17) is 10.5 Å². The second-order valence-electron chi connectivity index (χ2n) is 3.73. The molecule has 0 aromatic carbocycles. The van der Waals surface area contributed by atoms with Gasteiger partial charge in [0.2, 0.25) is 11.3 Å². The molecule has 6 heteroatoms. The largest absolute Gasteiger partial charge is 0.481 e. The lowest BCUT2D eigenvalue weighted by molar-refractivity contribution is 0.396. The van der Waals surface area contributed by atoms with Crippen molar-refractivity contribution in [1.29, 1.82) is 0 Å². The van der Waals surface area contributed by atoms with E-state index in [2.05, 4.69) is 20.9 Å². The summed E-state index contributed by atoms with van der Waals surface area (Å²) in [5.74, 6) is 0.556. The maximum atomic E-state index is 11.5. The highest BCUT2D eigenvalue weighted by Crippen LogP contribution is 2.11. The maximum absolute atomic E-state index is 11.5. The van der Waals surface area contributed by atoms with Crippen LogP contribution in [0.2, 0.25) is 0 Å². The van der Waals surface area contributed by atoms with Crippen molar-refractivity contribution in [2.24, 2.45) is 0 Å². The zero-order valence-electron chi connectivity index (χ0n) is 9.76. The number of rotatable bonds is 3. The molecule has 2 N–H and O–H groups in total. The van der Waals surface area contributed by atoms with Crippen molar-refractivity contribution in [3.63, 3.8) is 0 Å². The molecule has 0 aliphatic rings. The van der Waals surface area contributed by atoms with Gasteiger partial charge in [-0.15, -0.1) is 0 Å². The zero-order chi connectivity index (χ0) is 13.1. The fourth-order valence-corrected chi connectivity index (χ4v) is 2.05. The molecule has 0 spiro atoms. The van der Waals surface area contributed by atoms with E-state index in [1.807, 2.05) is 12.1 Å². The minimum Gasteiger partial charge on any atom is -0.481 e. The van der Waals surface area contributed by atoms with Crippen LogP contribution in [-0.4, -0.2) is 16.7 Å². The van der Waals surface area contributed by atoms with Gasteiger partial charge in [-0.1, -0.05) is 6.07 Å². The zero-order valence-corrected chi connectivity index (χ0v) is 11.3. The minimum absolute atomic E-state index is 0.201. The average Bonchev–Trinajstić information content (AvgIpc) is 2.36. The number of nitrogens with zero attached hydrogens (tertiary/aromatic N) is 2. The summed E-state index contributed by atoms with van der Waals surface area (Å²) in [6.07, 6.45) is 3.27. The van der Waals surface area contributed by atoms with Gasteiger partial charge in [0, 0.05) is 18.5 Å². The van der Waals surface area contributed by atoms with Gasteiger partial charge in [0.25, 0.3) is 0 Å². The molecule has 0 aliphatic heterocycles. The molecule has 94 valence electrons. The Labute approximate surface area is 112 Å². The smallest absolute Gasteiger partial charge is 0.218 e. The summed E-state index contributed by atoms with van der Waals surface area (Å²) in [6, 6.07) is 5.52. The van der Waals surface area contributed by atoms with E-state index >= 15 is 0 Å². The predicted molar refractivity (Wildman–Crippen MR) is 72.7 cm³/mol. The van der Waals surface area contributed by atoms with E-state index in [-0.39, 0.29) is 11.1 Å². The monoisotopic (exact) mass is 309 g/mol. The Balaban J connectivity index is 2.31. The fourth-order valence-electron chi connectivity index (χ4n) is 1.55. The van der Waals surface area contributed by atoms with Crippen LogP contribution in [-0.2, 0) is 6.54 Å². The number of hydrogen-bond donors (Lipinski definition) is 1. The fraction of sp³-hybridized carbons (Fsp3) is 0.167. The highest BCUT2D eigenvalue weighted by Gasteiger charge is 2.04. The third-order valence-electron chi connectivity index (χ3n) is 2.40. The first-order valence-electron chi connectivity index (χ1n) is 5.25. The van der Waals surface area contributed by atoms with Crippen LogP contribution in [0.5, 0.6) is 5.88 Å². The van der Waals surface area contributed by atoms with Crippen molar-refractivity contribution >= 4 is 21.6 Å². The van der Waals surface area contributed by atoms with E-state index in [1.54, 1.807) is 30.1 Å². The Kier molecular flexibility index (Phi) is 3.66. The molecule has 2 heterocycles. The molecule has 0 saturated heterocycles. The predicted octanol–water partition coefficient (Wildman–Crippen LogP) is 1.64. The number of ether oxygens (including phenoxy) is 1. The Morgan fingerprint density at radius 2 is 2.22 bits per heavy atom. The third-order valence-corrected chi connectivity index (χ3v) is 2.96. The number of nitrogen functional groups attached to an aromatic ring is 1. The summed E-state index contributed by atoms with van der Waals surface area (Å²) in [4.78, 5) is 15.7. The van der Waals surface area contributed by atoms with Crippen molar-refractivity contribution in [2.45, 2.75) is 6.54 Å².